The van der Waals surface area contributed by atoms with Crippen molar-refractivity contribution in [2.75, 3.05) is 13.7 Å². The number of benzene rings is 4. The normalized spacial score (nSPS) is 12.5. The minimum absolute atomic E-state index is 0.0826. The molecule has 0 spiro atoms. The Labute approximate surface area is 248 Å². The quantitative estimate of drug-likeness (QED) is 0.111. The lowest BCUT2D eigenvalue weighted by Gasteiger charge is -2.15. The van der Waals surface area contributed by atoms with Crippen LogP contribution in [0.3, 0.4) is 0 Å². The van der Waals surface area contributed by atoms with Crippen LogP contribution in [0, 0.1) is 10.8 Å². The van der Waals surface area contributed by atoms with Crippen molar-refractivity contribution >= 4 is 27.5 Å². The van der Waals surface area contributed by atoms with Crippen LogP contribution in [0.25, 0.3) is 10.2 Å². The molecule has 0 bridgehead atoms. The Kier molecular flexibility index (Phi) is 9.56. The van der Waals surface area contributed by atoms with E-state index in [4.69, 9.17) is 9.47 Å². The summed E-state index contributed by atoms with van der Waals surface area (Å²) in [7, 11) is 1.43. The molecule has 1 heterocycles. The minimum atomic E-state index is -0.626. The molecule has 0 amide bonds. The SMILES string of the molecule is COC(=O)C(CCc1ccccc1)Cc1ccc(OCCn2c(=O)sc3cc(C(N=O)c4ccccc4)ccc32)cc1. The first-order valence-electron chi connectivity index (χ1n) is 13.9. The van der Waals surface area contributed by atoms with Gasteiger partial charge in [-0.3, -0.25) is 14.2 Å². The Bertz CT molecular complexity index is 1680. The maximum absolute atomic E-state index is 12.8. The van der Waals surface area contributed by atoms with Gasteiger partial charge in [0.25, 0.3) is 0 Å². The van der Waals surface area contributed by atoms with Crippen LogP contribution in [-0.4, -0.2) is 24.3 Å². The van der Waals surface area contributed by atoms with Gasteiger partial charge in [-0.25, -0.2) is 0 Å². The number of methoxy groups -OCH3 is 1. The van der Waals surface area contributed by atoms with Crippen molar-refractivity contribution in [3.63, 3.8) is 0 Å². The maximum atomic E-state index is 12.8. The fourth-order valence-corrected chi connectivity index (χ4v) is 6.10. The number of rotatable bonds is 13. The molecule has 0 radical (unpaired) electrons. The molecular formula is C34H32N2O5S. The molecule has 5 rings (SSSR count). The zero-order valence-electron chi connectivity index (χ0n) is 23.3. The highest BCUT2D eigenvalue weighted by atomic mass is 32.1. The van der Waals surface area contributed by atoms with Crippen LogP contribution in [0.1, 0.15) is 34.7 Å². The van der Waals surface area contributed by atoms with Crippen LogP contribution in [0.15, 0.2) is 113 Å². The molecule has 0 fully saturated rings. The molecular weight excluding hydrogens is 548 g/mol. The van der Waals surface area contributed by atoms with Crippen molar-refractivity contribution in [1.82, 2.24) is 4.57 Å². The van der Waals surface area contributed by atoms with Crippen LogP contribution < -0.4 is 9.61 Å². The molecule has 5 aromatic rings. The summed E-state index contributed by atoms with van der Waals surface area (Å²) >= 11 is 1.15. The Hall–Kier alpha value is -4.56. The molecule has 1 aromatic heterocycles. The van der Waals surface area contributed by atoms with E-state index in [9.17, 15) is 14.5 Å². The van der Waals surface area contributed by atoms with E-state index < -0.39 is 6.04 Å². The largest absolute Gasteiger partial charge is 0.492 e. The molecule has 7 nitrogen and oxygen atoms in total. The zero-order valence-corrected chi connectivity index (χ0v) is 24.2. The molecule has 0 aliphatic rings. The Morgan fingerprint density at radius 3 is 2.29 bits per heavy atom. The van der Waals surface area contributed by atoms with Crippen molar-refractivity contribution < 1.29 is 14.3 Å². The number of hydrogen-bond donors (Lipinski definition) is 0. The van der Waals surface area contributed by atoms with Gasteiger partial charge in [-0.15, -0.1) is 4.91 Å². The van der Waals surface area contributed by atoms with Crippen LogP contribution >= 0.6 is 11.3 Å². The average molecular weight is 581 g/mol. The van der Waals surface area contributed by atoms with Crippen molar-refractivity contribution in [1.29, 1.82) is 0 Å². The van der Waals surface area contributed by atoms with E-state index in [1.54, 1.807) is 4.57 Å². The topological polar surface area (TPSA) is 87.0 Å². The van der Waals surface area contributed by atoms with Gasteiger partial charge in [0.1, 0.15) is 18.4 Å². The van der Waals surface area contributed by atoms with E-state index in [1.807, 2.05) is 91.0 Å². The Morgan fingerprint density at radius 1 is 0.881 bits per heavy atom. The highest BCUT2D eigenvalue weighted by Crippen LogP contribution is 2.29. The number of aromatic nitrogens is 1. The summed E-state index contributed by atoms with van der Waals surface area (Å²) in [6.07, 6.45) is 2.10. The van der Waals surface area contributed by atoms with Crippen LogP contribution in [0.2, 0.25) is 0 Å². The second-order valence-electron chi connectivity index (χ2n) is 10.1. The summed E-state index contributed by atoms with van der Waals surface area (Å²) in [4.78, 5) is 36.8. The summed E-state index contributed by atoms with van der Waals surface area (Å²) in [6.45, 7) is 0.703. The molecule has 0 aliphatic carbocycles. The van der Waals surface area contributed by atoms with Crippen molar-refractivity contribution in [3.8, 4) is 5.75 Å². The van der Waals surface area contributed by atoms with Gasteiger partial charge in [-0.1, -0.05) is 95.4 Å². The van der Waals surface area contributed by atoms with Crippen LogP contribution in [0.5, 0.6) is 5.75 Å². The number of carbonyl (C=O) groups is 1. The van der Waals surface area contributed by atoms with E-state index in [0.717, 1.165) is 44.7 Å². The fraction of sp³-hybridized carbons (Fsp3) is 0.235. The Morgan fingerprint density at radius 2 is 1.60 bits per heavy atom. The maximum Gasteiger partial charge on any atom is 0.309 e. The van der Waals surface area contributed by atoms with Gasteiger partial charge in [0, 0.05) is 0 Å². The molecule has 0 saturated carbocycles. The van der Waals surface area contributed by atoms with Crippen molar-refractivity contribution in [2.45, 2.75) is 31.8 Å². The van der Waals surface area contributed by atoms with Gasteiger partial charge >= 0.3 is 10.8 Å². The standard InChI is InChI=1S/C34H32N2O5S/c1-40-33(37)28(15-12-24-8-4-2-5-9-24)22-25-13-17-29(18-14-25)41-21-20-36-30-19-16-27(23-31(30)42-34(36)38)32(35-39)26-10-6-3-7-11-26/h2-11,13-14,16-19,23,28,32H,12,15,20-22H2,1H3. The summed E-state index contributed by atoms with van der Waals surface area (Å²) in [5.74, 6) is 0.256. The first kappa shape index (κ1) is 29.0. The molecule has 2 atom stereocenters. The predicted molar refractivity (Wildman–Crippen MR) is 166 cm³/mol. The molecule has 42 heavy (non-hydrogen) atoms. The van der Waals surface area contributed by atoms with Crippen LogP contribution in [-0.2, 0) is 28.9 Å². The number of nitrogens with zero attached hydrogens (tertiary/aromatic N) is 2. The number of nitroso groups, excluding NO2 is 1. The summed E-state index contributed by atoms with van der Waals surface area (Å²) < 4.78 is 13.5. The lowest BCUT2D eigenvalue weighted by molar-refractivity contribution is -0.145. The van der Waals surface area contributed by atoms with E-state index in [0.29, 0.717) is 31.7 Å². The smallest absolute Gasteiger partial charge is 0.309 e. The van der Waals surface area contributed by atoms with E-state index in [-0.39, 0.29) is 16.8 Å². The number of esters is 1. The van der Waals surface area contributed by atoms with Crippen molar-refractivity contribution in [2.24, 2.45) is 11.1 Å². The fourth-order valence-electron chi connectivity index (χ4n) is 5.13. The number of fused-ring (bicyclic) bond motifs is 1. The van der Waals surface area contributed by atoms with E-state index in [1.165, 1.54) is 12.7 Å². The van der Waals surface area contributed by atoms with Gasteiger partial charge in [0.05, 0.1) is 29.8 Å². The second kappa shape index (κ2) is 13.9. The molecule has 0 aliphatic heterocycles. The van der Waals surface area contributed by atoms with Gasteiger partial charge in [-0.05, 0) is 65.8 Å². The lowest BCUT2D eigenvalue weighted by Crippen LogP contribution is -2.19. The lowest BCUT2D eigenvalue weighted by atomic mass is 9.93. The monoisotopic (exact) mass is 580 g/mol. The summed E-state index contributed by atoms with van der Waals surface area (Å²) in [6, 6.07) is 32.2. The first-order chi connectivity index (χ1) is 20.6. The molecule has 2 unspecified atom stereocenters. The number of ether oxygens (including phenoxy) is 2. The number of carbonyl (C=O) groups excluding carboxylic acids is 1. The van der Waals surface area contributed by atoms with Gasteiger partial charge in [0.15, 0.2) is 0 Å². The predicted octanol–water partition coefficient (Wildman–Crippen LogP) is 6.96. The molecule has 0 N–H and O–H groups in total. The number of aryl methyl sites for hydroxylation is 1. The molecule has 0 saturated heterocycles. The van der Waals surface area contributed by atoms with Gasteiger partial charge in [-0.2, -0.15) is 0 Å². The third-order valence-corrected chi connectivity index (χ3v) is 8.32. The van der Waals surface area contributed by atoms with Crippen molar-refractivity contribution in [3.05, 3.63) is 140 Å². The minimum Gasteiger partial charge on any atom is -0.492 e. The first-order valence-corrected chi connectivity index (χ1v) is 14.7. The summed E-state index contributed by atoms with van der Waals surface area (Å²) in [5.41, 5.74) is 4.59. The highest BCUT2D eigenvalue weighted by molar-refractivity contribution is 7.16. The van der Waals surface area contributed by atoms with Crippen LogP contribution in [0.4, 0.5) is 0 Å². The van der Waals surface area contributed by atoms with E-state index in [2.05, 4.69) is 17.3 Å². The molecule has 4 aromatic carbocycles. The third-order valence-electron chi connectivity index (χ3n) is 7.38. The molecule has 8 heteroatoms. The summed E-state index contributed by atoms with van der Waals surface area (Å²) in [5, 5.41) is 3.33. The molecule has 214 valence electrons. The highest BCUT2D eigenvalue weighted by Gasteiger charge is 2.20. The number of thiazole rings is 1. The average Bonchev–Trinajstić information content (AvgIpc) is 3.35. The third kappa shape index (κ3) is 7.01. The second-order valence-corrected chi connectivity index (χ2v) is 11.1. The van der Waals surface area contributed by atoms with Gasteiger partial charge < -0.3 is 9.47 Å². The van der Waals surface area contributed by atoms with Gasteiger partial charge in [0.2, 0.25) is 0 Å². The van der Waals surface area contributed by atoms with E-state index >= 15 is 0 Å². The zero-order chi connectivity index (χ0) is 29.3. The Balaban J connectivity index is 1.19. The number of hydrogen-bond acceptors (Lipinski definition) is 7.